The van der Waals surface area contributed by atoms with E-state index in [-0.39, 0.29) is 12.5 Å². The van der Waals surface area contributed by atoms with Crippen LogP contribution in [-0.4, -0.2) is 18.0 Å². The second kappa shape index (κ2) is 8.34. The third kappa shape index (κ3) is 4.25. The van der Waals surface area contributed by atoms with E-state index in [9.17, 15) is 4.79 Å². The molecule has 2 aromatic carbocycles. The number of nitriles is 1. The average Bonchev–Trinajstić information content (AvgIpc) is 3.15. The third-order valence-electron chi connectivity index (χ3n) is 3.74. The molecule has 0 saturated heterocycles. The van der Waals surface area contributed by atoms with E-state index >= 15 is 0 Å². The zero-order chi connectivity index (χ0) is 19.2. The smallest absolute Gasteiger partial charge is 0.230 e. The van der Waals surface area contributed by atoms with E-state index in [2.05, 4.69) is 11.1 Å². The van der Waals surface area contributed by atoms with Gasteiger partial charge in [-0.05, 0) is 36.4 Å². The van der Waals surface area contributed by atoms with E-state index in [0.29, 0.717) is 33.6 Å². The number of aromatic nitrogens is 1. The molecule has 1 heterocycles. The fourth-order valence-corrected chi connectivity index (χ4v) is 3.33. The van der Waals surface area contributed by atoms with Gasteiger partial charge in [0.15, 0.2) is 5.13 Å². The molecule has 0 radical (unpaired) electrons. The molecule has 0 saturated carbocycles. The molecule has 136 valence electrons. The highest BCUT2D eigenvalue weighted by Crippen LogP contribution is 2.35. The molecule has 6 nitrogen and oxygen atoms in total. The predicted octanol–water partition coefficient (Wildman–Crippen LogP) is 4.29. The van der Waals surface area contributed by atoms with Crippen LogP contribution in [0, 0.1) is 11.3 Å². The maximum Gasteiger partial charge on any atom is 0.230 e. The molecule has 0 aliphatic heterocycles. The minimum absolute atomic E-state index is 0.159. The van der Waals surface area contributed by atoms with Crippen LogP contribution in [0.1, 0.15) is 18.2 Å². The normalized spacial score (nSPS) is 10.1. The first-order chi connectivity index (χ1) is 13.1. The molecule has 0 atom stereocenters. The molecule has 3 aromatic rings. The van der Waals surface area contributed by atoms with E-state index in [1.165, 1.54) is 23.2 Å². The first-order valence-corrected chi connectivity index (χ1v) is 9.01. The van der Waals surface area contributed by atoms with Crippen LogP contribution in [0.2, 0.25) is 0 Å². The van der Waals surface area contributed by atoms with Gasteiger partial charge in [-0.1, -0.05) is 12.1 Å². The Hall–Kier alpha value is -3.37. The van der Waals surface area contributed by atoms with Crippen molar-refractivity contribution < 1.29 is 14.3 Å². The molecule has 1 amide bonds. The van der Waals surface area contributed by atoms with Crippen LogP contribution in [0.5, 0.6) is 11.5 Å². The van der Waals surface area contributed by atoms with Crippen molar-refractivity contribution in [2.24, 2.45) is 0 Å². The van der Waals surface area contributed by atoms with E-state index in [1.54, 1.807) is 37.4 Å². The highest BCUT2D eigenvalue weighted by molar-refractivity contribution is 7.14. The van der Waals surface area contributed by atoms with Gasteiger partial charge in [-0.2, -0.15) is 5.26 Å². The van der Waals surface area contributed by atoms with E-state index in [4.69, 9.17) is 14.7 Å². The maximum absolute atomic E-state index is 12.2. The molecule has 7 heteroatoms. The molecular formula is C20H17N3O3S. The number of para-hydroxylation sites is 2. The highest BCUT2D eigenvalue weighted by atomic mass is 32.1. The summed E-state index contributed by atoms with van der Waals surface area (Å²) in [5.41, 5.74) is 1.93. The Kier molecular flexibility index (Phi) is 5.69. The molecule has 1 aromatic heterocycles. The number of rotatable bonds is 6. The number of amides is 1. The number of thiazole rings is 1. The topological polar surface area (TPSA) is 75.4 Å². The number of carbonyl (C=O) groups is 1. The minimum atomic E-state index is -0.159. The van der Waals surface area contributed by atoms with Gasteiger partial charge in [0.05, 0.1) is 30.1 Å². The number of ether oxygens (including phenoxy) is 2. The van der Waals surface area contributed by atoms with Crippen molar-refractivity contribution in [3.05, 3.63) is 65.2 Å². The van der Waals surface area contributed by atoms with Crippen LogP contribution in [0.4, 0.5) is 10.8 Å². The van der Waals surface area contributed by atoms with Crippen LogP contribution in [0.25, 0.3) is 0 Å². The molecule has 0 bridgehead atoms. The largest absolute Gasteiger partial charge is 0.495 e. The second-order valence-electron chi connectivity index (χ2n) is 5.57. The van der Waals surface area contributed by atoms with Crippen molar-refractivity contribution in [1.29, 1.82) is 5.26 Å². The van der Waals surface area contributed by atoms with Gasteiger partial charge in [0.25, 0.3) is 0 Å². The van der Waals surface area contributed by atoms with Crippen LogP contribution in [0.15, 0.2) is 53.9 Å². The predicted molar refractivity (Wildman–Crippen MR) is 103 cm³/mol. The number of anilines is 2. The van der Waals surface area contributed by atoms with Gasteiger partial charge in [-0.15, -0.1) is 11.3 Å². The van der Waals surface area contributed by atoms with E-state index in [1.807, 2.05) is 23.6 Å². The fraction of sp³-hybridized carbons (Fsp3) is 0.150. The lowest BCUT2D eigenvalue weighted by atomic mass is 10.2. The van der Waals surface area contributed by atoms with Gasteiger partial charge in [0.2, 0.25) is 5.91 Å². The Morgan fingerprint density at radius 1 is 1.22 bits per heavy atom. The van der Waals surface area contributed by atoms with Crippen LogP contribution < -0.4 is 14.4 Å². The summed E-state index contributed by atoms with van der Waals surface area (Å²) < 4.78 is 11.1. The van der Waals surface area contributed by atoms with E-state index in [0.717, 1.165) is 0 Å². The van der Waals surface area contributed by atoms with E-state index < -0.39 is 0 Å². The molecule has 27 heavy (non-hydrogen) atoms. The summed E-state index contributed by atoms with van der Waals surface area (Å²) in [6.07, 6.45) is 0. The van der Waals surface area contributed by atoms with Crippen LogP contribution >= 0.6 is 11.3 Å². The Morgan fingerprint density at radius 2 is 1.96 bits per heavy atom. The number of carbonyl (C=O) groups excluding carboxylic acids is 1. The zero-order valence-electron chi connectivity index (χ0n) is 14.9. The second-order valence-corrected chi connectivity index (χ2v) is 6.41. The van der Waals surface area contributed by atoms with Crippen molar-refractivity contribution in [2.45, 2.75) is 13.5 Å². The molecule has 0 fully saturated rings. The third-order valence-corrected chi connectivity index (χ3v) is 4.62. The molecular weight excluding hydrogens is 362 g/mol. The number of hydrogen-bond donors (Lipinski definition) is 0. The Bertz CT molecular complexity index is 977. The summed E-state index contributed by atoms with van der Waals surface area (Å²) in [5, 5.41) is 11.2. The number of nitrogens with zero attached hydrogens (tertiary/aromatic N) is 3. The molecule has 3 rings (SSSR count). The molecule has 0 spiro atoms. The van der Waals surface area contributed by atoms with Gasteiger partial charge in [0, 0.05) is 12.3 Å². The van der Waals surface area contributed by atoms with Crippen LogP contribution in [-0.2, 0) is 11.4 Å². The quantitative estimate of drug-likeness (QED) is 0.639. The van der Waals surface area contributed by atoms with Gasteiger partial charge in [-0.3, -0.25) is 9.69 Å². The minimum Gasteiger partial charge on any atom is -0.495 e. The molecule has 0 N–H and O–H groups in total. The summed E-state index contributed by atoms with van der Waals surface area (Å²) in [7, 11) is 1.57. The van der Waals surface area contributed by atoms with Gasteiger partial charge in [-0.25, -0.2) is 4.98 Å². The SMILES string of the molecule is COc1ccccc1N(C(C)=O)c1nc(COc2ccc(C#N)cc2)cs1. The average molecular weight is 379 g/mol. The first kappa shape index (κ1) is 18.4. The maximum atomic E-state index is 12.2. The van der Waals surface area contributed by atoms with Crippen molar-refractivity contribution in [3.63, 3.8) is 0 Å². The Morgan fingerprint density at radius 3 is 2.63 bits per heavy atom. The lowest BCUT2D eigenvalue weighted by Gasteiger charge is -2.20. The van der Waals surface area contributed by atoms with Gasteiger partial charge in [0.1, 0.15) is 18.1 Å². The number of methoxy groups -OCH3 is 1. The number of hydrogen-bond acceptors (Lipinski definition) is 6. The summed E-state index contributed by atoms with van der Waals surface area (Å²) >= 11 is 1.36. The van der Waals surface area contributed by atoms with Gasteiger partial charge < -0.3 is 9.47 Å². The fourth-order valence-electron chi connectivity index (χ4n) is 2.47. The van der Waals surface area contributed by atoms with Crippen LogP contribution in [0.3, 0.4) is 0 Å². The zero-order valence-corrected chi connectivity index (χ0v) is 15.7. The summed E-state index contributed by atoms with van der Waals surface area (Å²) in [6, 6.07) is 16.2. The van der Waals surface area contributed by atoms with Gasteiger partial charge >= 0.3 is 0 Å². The number of benzene rings is 2. The lowest BCUT2D eigenvalue weighted by Crippen LogP contribution is -2.23. The standard InChI is InChI=1S/C20H17N3O3S/c1-14(24)23(18-5-3-4-6-19(18)25-2)20-22-16(13-27-20)12-26-17-9-7-15(11-21)8-10-17/h3-10,13H,12H2,1-2H3. The van der Waals surface area contributed by atoms with Crippen molar-refractivity contribution in [2.75, 3.05) is 12.0 Å². The molecule has 0 aliphatic rings. The van der Waals surface area contributed by atoms with Crippen molar-refractivity contribution in [3.8, 4) is 17.6 Å². The Balaban J connectivity index is 1.78. The monoisotopic (exact) mass is 379 g/mol. The summed E-state index contributed by atoms with van der Waals surface area (Å²) in [4.78, 5) is 18.3. The highest BCUT2D eigenvalue weighted by Gasteiger charge is 2.21. The molecule has 0 unspecified atom stereocenters. The van der Waals surface area contributed by atoms with Crippen molar-refractivity contribution >= 4 is 28.1 Å². The van der Waals surface area contributed by atoms with Crippen molar-refractivity contribution in [1.82, 2.24) is 4.98 Å². The summed E-state index contributed by atoms with van der Waals surface area (Å²) in [5.74, 6) is 1.09. The first-order valence-electron chi connectivity index (χ1n) is 8.13. The lowest BCUT2D eigenvalue weighted by molar-refractivity contribution is -0.115. The summed E-state index contributed by atoms with van der Waals surface area (Å²) in [6.45, 7) is 1.75. The molecule has 0 aliphatic carbocycles. The Labute approximate surface area is 161 Å².